The van der Waals surface area contributed by atoms with Crippen LogP contribution in [0.25, 0.3) is 0 Å². The van der Waals surface area contributed by atoms with E-state index in [1.807, 2.05) is 19.2 Å². The molecule has 72 valence electrons. The number of urea groups is 1. The topological polar surface area (TPSA) is 45.2 Å². The minimum atomic E-state index is -0.118. The number of hydrogen-bond acceptors (Lipinski definition) is 3. The maximum atomic E-state index is 11.3. The van der Waals surface area contributed by atoms with Gasteiger partial charge in [0.2, 0.25) is 0 Å². The number of hydrogen-bond donors (Lipinski definition) is 1. The van der Waals surface area contributed by atoms with Gasteiger partial charge in [-0.25, -0.2) is 9.78 Å². The first kappa shape index (κ1) is 9.98. The summed E-state index contributed by atoms with van der Waals surface area (Å²) in [7, 11) is 1.74. The molecule has 0 saturated carbocycles. The molecule has 0 atom stereocenters. The van der Waals surface area contributed by atoms with Gasteiger partial charge < -0.3 is 4.90 Å². The second-order valence-electron chi connectivity index (χ2n) is 2.70. The summed E-state index contributed by atoms with van der Waals surface area (Å²) in [4.78, 5) is 17.1. The minimum Gasteiger partial charge on any atom is -0.328 e. The van der Waals surface area contributed by atoms with E-state index in [1.165, 1.54) is 11.3 Å². The smallest absolute Gasteiger partial charge is 0.322 e. The number of nitrogens with one attached hydrogen (secondary N) is 1. The zero-order valence-corrected chi connectivity index (χ0v) is 8.81. The Balaban J connectivity index is 2.54. The van der Waals surface area contributed by atoms with Gasteiger partial charge in [-0.3, -0.25) is 5.32 Å². The molecule has 5 heteroatoms. The lowest BCUT2D eigenvalue weighted by molar-refractivity contribution is 0.224. The standard InChI is InChI=1S/C8H13N3OS/c1-4-11(3)8(12)10-7-5-13-6(2)9-7/h5H,4H2,1-3H3,(H,10,12). The number of aryl methyl sites for hydroxylation is 1. The van der Waals surface area contributed by atoms with Gasteiger partial charge in [-0.15, -0.1) is 11.3 Å². The molecule has 0 radical (unpaired) electrons. The molecule has 1 aromatic heterocycles. The van der Waals surface area contributed by atoms with Crippen LogP contribution in [0.4, 0.5) is 10.6 Å². The molecule has 4 nitrogen and oxygen atoms in total. The fourth-order valence-electron chi connectivity index (χ4n) is 0.769. The third kappa shape index (κ3) is 2.69. The highest BCUT2D eigenvalue weighted by molar-refractivity contribution is 7.09. The van der Waals surface area contributed by atoms with Gasteiger partial charge in [0, 0.05) is 19.0 Å². The summed E-state index contributed by atoms with van der Waals surface area (Å²) in [5, 5.41) is 5.48. The molecule has 0 fully saturated rings. The molecule has 0 aromatic carbocycles. The third-order valence-corrected chi connectivity index (χ3v) is 2.45. The van der Waals surface area contributed by atoms with Crippen molar-refractivity contribution in [3.63, 3.8) is 0 Å². The van der Waals surface area contributed by atoms with Crippen molar-refractivity contribution in [2.24, 2.45) is 0 Å². The molecule has 0 spiro atoms. The maximum absolute atomic E-state index is 11.3. The normalized spacial score (nSPS) is 9.77. The van der Waals surface area contributed by atoms with Crippen LogP contribution in [0, 0.1) is 6.92 Å². The largest absolute Gasteiger partial charge is 0.328 e. The molecular formula is C8H13N3OS. The summed E-state index contributed by atoms with van der Waals surface area (Å²) in [5.74, 6) is 0.632. The Bertz CT molecular complexity index is 297. The SMILES string of the molecule is CCN(C)C(=O)Nc1csc(C)n1. The highest BCUT2D eigenvalue weighted by atomic mass is 32.1. The first-order valence-electron chi connectivity index (χ1n) is 4.07. The maximum Gasteiger partial charge on any atom is 0.322 e. The van der Waals surface area contributed by atoms with Gasteiger partial charge in [-0.2, -0.15) is 0 Å². The van der Waals surface area contributed by atoms with Crippen LogP contribution in [0.1, 0.15) is 11.9 Å². The lowest BCUT2D eigenvalue weighted by Gasteiger charge is -2.13. The second-order valence-corrected chi connectivity index (χ2v) is 3.76. The summed E-state index contributed by atoms with van der Waals surface area (Å²) >= 11 is 1.52. The predicted octanol–water partition coefficient (Wildman–Crippen LogP) is 1.94. The predicted molar refractivity (Wildman–Crippen MR) is 54.2 cm³/mol. The van der Waals surface area contributed by atoms with Crippen molar-refractivity contribution in [2.45, 2.75) is 13.8 Å². The number of amides is 2. The van der Waals surface area contributed by atoms with Crippen molar-refractivity contribution in [2.75, 3.05) is 18.9 Å². The minimum absolute atomic E-state index is 0.118. The van der Waals surface area contributed by atoms with E-state index in [0.29, 0.717) is 12.4 Å². The zero-order valence-electron chi connectivity index (χ0n) is 8.00. The van der Waals surface area contributed by atoms with Crippen LogP contribution < -0.4 is 5.32 Å². The molecule has 0 saturated heterocycles. The number of rotatable bonds is 2. The van der Waals surface area contributed by atoms with Crippen molar-refractivity contribution in [1.29, 1.82) is 0 Å². The van der Waals surface area contributed by atoms with Crippen LogP contribution in [-0.2, 0) is 0 Å². The monoisotopic (exact) mass is 199 g/mol. The number of carbonyl (C=O) groups excluding carboxylic acids is 1. The molecule has 13 heavy (non-hydrogen) atoms. The van der Waals surface area contributed by atoms with Crippen LogP contribution in [0.3, 0.4) is 0 Å². The van der Waals surface area contributed by atoms with Gasteiger partial charge in [0.15, 0.2) is 0 Å². The van der Waals surface area contributed by atoms with E-state index in [-0.39, 0.29) is 6.03 Å². The average molecular weight is 199 g/mol. The van der Waals surface area contributed by atoms with Crippen molar-refractivity contribution in [3.05, 3.63) is 10.4 Å². The number of anilines is 1. The van der Waals surface area contributed by atoms with E-state index >= 15 is 0 Å². The van der Waals surface area contributed by atoms with Gasteiger partial charge in [0.05, 0.1) is 5.01 Å². The molecule has 1 heterocycles. The lowest BCUT2D eigenvalue weighted by Crippen LogP contribution is -2.31. The van der Waals surface area contributed by atoms with Crippen LogP contribution in [0.5, 0.6) is 0 Å². The summed E-state index contributed by atoms with van der Waals surface area (Å²) in [5.41, 5.74) is 0. The lowest BCUT2D eigenvalue weighted by atomic mass is 10.6. The zero-order chi connectivity index (χ0) is 9.84. The van der Waals surface area contributed by atoms with Gasteiger partial charge in [-0.1, -0.05) is 0 Å². The number of aromatic nitrogens is 1. The Labute approximate surface area is 81.6 Å². The van der Waals surface area contributed by atoms with Gasteiger partial charge in [0.1, 0.15) is 5.82 Å². The van der Waals surface area contributed by atoms with E-state index in [2.05, 4.69) is 10.3 Å². The Morgan fingerprint density at radius 2 is 2.46 bits per heavy atom. The van der Waals surface area contributed by atoms with Crippen molar-refractivity contribution < 1.29 is 4.79 Å². The molecule has 0 aliphatic carbocycles. The van der Waals surface area contributed by atoms with Crippen LogP contribution in [0.2, 0.25) is 0 Å². The van der Waals surface area contributed by atoms with Crippen LogP contribution >= 0.6 is 11.3 Å². The Morgan fingerprint density at radius 3 is 2.92 bits per heavy atom. The van der Waals surface area contributed by atoms with E-state index in [1.54, 1.807) is 11.9 Å². The summed E-state index contributed by atoms with van der Waals surface area (Å²) < 4.78 is 0. The summed E-state index contributed by atoms with van der Waals surface area (Å²) in [6.45, 7) is 4.52. The van der Waals surface area contributed by atoms with Gasteiger partial charge in [0.25, 0.3) is 0 Å². The molecule has 2 amide bonds. The number of carbonyl (C=O) groups is 1. The highest BCUT2D eigenvalue weighted by Gasteiger charge is 2.07. The van der Waals surface area contributed by atoms with Crippen molar-refractivity contribution in [3.8, 4) is 0 Å². The van der Waals surface area contributed by atoms with Crippen LogP contribution in [-0.4, -0.2) is 29.5 Å². The van der Waals surface area contributed by atoms with Crippen molar-refractivity contribution in [1.82, 2.24) is 9.88 Å². The molecule has 1 aromatic rings. The van der Waals surface area contributed by atoms with Gasteiger partial charge in [-0.05, 0) is 13.8 Å². The quantitative estimate of drug-likeness (QED) is 0.791. The highest BCUT2D eigenvalue weighted by Crippen LogP contribution is 2.12. The average Bonchev–Trinajstić information content (AvgIpc) is 2.49. The molecule has 0 aliphatic rings. The van der Waals surface area contributed by atoms with E-state index in [4.69, 9.17) is 0 Å². The fourth-order valence-corrected chi connectivity index (χ4v) is 1.31. The van der Waals surface area contributed by atoms with E-state index in [9.17, 15) is 4.79 Å². The van der Waals surface area contributed by atoms with Gasteiger partial charge >= 0.3 is 6.03 Å². The molecule has 0 unspecified atom stereocenters. The Kier molecular flexibility index (Phi) is 3.25. The molecular weight excluding hydrogens is 186 g/mol. The summed E-state index contributed by atoms with van der Waals surface area (Å²) in [6.07, 6.45) is 0. The second kappa shape index (κ2) is 4.23. The van der Waals surface area contributed by atoms with E-state index < -0.39 is 0 Å². The Morgan fingerprint density at radius 1 is 1.77 bits per heavy atom. The molecule has 1 N–H and O–H groups in total. The first-order valence-corrected chi connectivity index (χ1v) is 4.95. The van der Waals surface area contributed by atoms with Crippen LogP contribution in [0.15, 0.2) is 5.38 Å². The molecule has 1 rings (SSSR count). The number of nitrogens with zero attached hydrogens (tertiary/aromatic N) is 2. The molecule has 0 bridgehead atoms. The van der Waals surface area contributed by atoms with Crippen molar-refractivity contribution >= 4 is 23.2 Å². The third-order valence-electron chi connectivity index (χ3n) is 1.68. The number of thiazole rings is 1. The summed E-state index contributed by atoms with van der Waals surface area (Å²) in [6, 6.07) is -0.118. The van der Waals surface area contributed by atoms with E-state index in [0.717, 1.165) is 5.01 Å². The first-order chi connectivity index (χ1) is 6.13. The molecule has 0 aliphatic heterocycles. The fraction of sp³-hybridized carbons (Fsp3) is 0.500. The Hall–Kier alpha value is -1.10.